The van der Waals surface area contributed by atoms with Gasteiger partial charge in [-0.1, -0.05) is 27.2 Å². The van der Waals surface area contributed by atoms with E-state index in [1.807, 2.05) is 13.8 Å². The summed E-state index contributed by atoms with van der Waals surface area (Å²) in [4.78, 5) is 12.4. The van der Waals surface area contributed by atoms with Crippen LogP contribution in [0.1, 0.15) is 46.5 Å². The smallest absolute Gasteiger partial charge is 0.227 e. The maximum atomic E-state index is 12.4. The molecule has 0 bridgehead atoms. The van der Waals surface area contributed by atoms with Crippen LogP contribution in [0.3, 0.4) is 0 Å². The summed E-state index contributed by atoms with van der Waals surface area (Å²) in [6, 6.07) is 0. The fourth-order valence-corrected chi connectivity index (χ4v) is 2.53. The van der Waals surface area contributed by atoms with Crippen molar-refractivity contribution in [1.82, 2.24) is 10.6 Å². The fraction of sp³-hybridized carbons (Fsp3) is 0.929. The van der Waals surface area contributed by atoms with E-state index in [1.54, 1.807) is 0 Å². The minimum absolute atomic E-state index is 0.0896. The molecule has 1 rings (SSSR count). The highest BCUT2D eigenvalue weighted by molar-refractivity contribution is 5.83. The Bertz CT molecular complexity index is 265. The molecule has 0 saturated carbocycles. The molecule has 1 aliphatic rings. The predicted octanol–water partition coefficient (Wildman–Crippen LogP) is 1.29. The molecule has 1 heterocycles. The van der Waals surface area contributed by atoms with Gasteiger partial charge in [-0.05, 0) is 25.8 Å². The molecule has 0 spiro atoms. The first kappa shape index (κ1) is 15.4. The summed E-state index contributed by atoms with van der Waals surface area (Å²) in [5, 5.41) is 15.6. The van der Waals surface area contributed by atoms with Gasteiger partial charge in [0.2, 0.25) is 5.91 Å². The molecule has 1 unspecified atom stereocenters. The van der Waals surface area contributed by atoms with Crippen LogP contribution >= 0.6 is 0 Å². The fourth-order valence-electron chi connectivity index (χ4n) is 2.53. The third kappa shape index (κ3) is 3.95. The number of carbonyl (C=O) groups excluding carboxylic acids is 1. The van der Waals surface area contributed by atoms with Crippen molar-refractivity contribution < 1.29 is 9.90 Å². The summed E-state index contributed by atoms with van der Waals surface area (Å²) in [7, 11) is 0. The van der Waals surface area contributed by atoms with Crippen LogP contribution in [0.4, 0.5) is 0 Å². The number of carbonyl (C=O) groups is 1. The average molecular weight is 256 g/mol. The lowest BCUT2D eigenvalue weighted by Crippen LogP contribution is -2.52. The molecule has 1 atom stereocenters. The number of hydrogen-bond acceptors (Lipinski definition) is 3. The highest BCUT2D eigenvalue weighted by Gasteiger charge is 2.38. The molecule has 1 fully saturated rings. The molecule has 1 amide bonds. The van der Waals surface area contributed by atoms with Gasteiger partial charge in [0.1, 0.15) is 0 Å². The molecule has 106 valence electrons. The standard InChI is InChI=1S/C14H28N2O2/c1-4-6-14(7-5-8-15-10-14)12(18)16-9-13(2,3)11-17/h15,17H,4-11H2,1-3H3,(H,16,18). The van der Waals surface area contributed by atoms with Crippen LogP contribution in [0.25, 0.3) is 0 Å². The van der Waals surface area contributed by atoms with Gasteiger partial charge >= 0.3 is 0 Å². The molecule has 4 nitrogen and oxygen atoms in total. The van der Waals surface area contributed by atoms with E-state index in [0.29, 0.717) is 6.54 Å². The molecule has 1 aliphatic heterocycles. The molecule has 0 radical (unpaired) electrons. The Morgan fingerprint density at radius 3 is 2.72 bits per heavy atom. The second-order valence-corrected chi connectivity index (χ2v) is 6.32. The molecule has 4 heteroatoms. The van der Waals surface area contributed by atoms with Gasteiger partial charge in [0.25, 0.3) is 0 Å². The number of piperidine rings is 1. The first-order valence-corrected chi connectivity index (χ1v) is 7.06. The van der Waals surface area contributed by atoms with Crippen LogP contribution in [0, 0.1) is 10.8 Å². The molecule has 0 aromatic heterocycles. The number of rotatable bonds is 6. The number of amides is 1. The summed E-state index contributed by atoms with van der Waals surface area (Å²) in [6.45, 7) is 8.46. The molecule has 0 aromatic rings. The van der Waals surface area contributed by atoms with Crippen molar-refractivity contribution >= 4 is 5.91 Å². The number of aliphatic hydroxyl groups excluding tert-OH is 1. The number of hydrogen-bond donors (Lipinski definition) is 3. The Hall–Kier alpha value is -0.610. The van der Waals surface area contributed by atoms with Crippen LogP contribution < -0.4 is 10.6 Å². The molecule has 18 heavy (non-hydrogen) atoms. The van der Waals surface area contributed by atoms with Crippen LogP contribution in [0.5, 0.6) is 0 Å². The van der Waals surface area contributed by atoms with E-state index >= 15 is 0 Å². The van der Waals surface area contributed by atoms with Crippen molar-refractivity contribution in [2.45, 2.75) is 46.5 Å². The molecule has 0 aromatic carbocycles. The van der Waals surface area contributed by atoms with Crippen LogP contribution in [0.15, 0.2) is 0 Å². The third-order valence-corrected chi connectivity index (χ3v) is 3.84. The predicted molar refractivity (Wildman–Crippen MR) is 73.3 cm³/mol. The minimum Gasteiger partial charge on any atom is -0.396 e. The monoisotopic (exact) mass is 256 g/mol. The van der Waals surface area contributed by atoms with Crippen molar-refractivity contribution in [2.24, 2.45) is 10.8 Å². The molecular formula is C14H28N2O2. The minimum atomic E-state index is -0.245. The highest BCUT2D eigenvalue weighted by Crippen LogP contribution is 2.32. The lowest BCUT2D eigenvalue weighted by molar-refractivity contribution is -0.133. The van der Waals surface area contributed by atoms with E-state index < -0.39 is 0 Å². The summed E-state index contributed by atoms with van der Waals surface area (Å²) >= 11 is 0. The number of nitrogens with one attached hydrogen (secondary N) is 2. The van der Waals surface area contributed by atoms with E-state index in [4.69, 9.17) is 0 Å². The van der Waals surface area contributed by atoms with Crippen LogP contribution in [0.2, 0.25) is 0 Å². The van der Waals surface area contributed by atoms with Gasteiger partial charge in [-0.25, -0.2) is 0 Å². The Balaban J connectivity index is 2.60. The maximum absolute atomic E-state index is 12.4. The van der Waals surface area contributed by atoms with Gasteiger partial charge in [-0.3, -0.25) is 4.79 Å². The quantitative estimate of drug-likeness (QED) is 0.671. The summed E-state index contributed by atoms with van der Waals surface area (Å²) in [6.07, 6.45) is 4.00. The second-order valence-electron chi connectivity index (χ2n) is 6.32. The Kier molecular flexibility index (Phi) is 5.60. The molecular weight excluding hydrogens is 228 g/mol. The maximum Gasteiger partial charge on any atom is 0.227 e. The van der Waals surface area contributed by atoms with E-state index in [9.17, 15) is 9.90 Å². The van der Waals surface area contributed by atoms with Gasteiger partial charge in [-0.15, -0.1) is 0 Å². The van der Waals surface area contributed by atoms with Gasteiger partial charge in [0, 0.05) is 25.1 Å². The van der Waals surface area contributed by atoms with Gasteiger partial charge in [0.15, 0.2) is 0 Å². The first-order chi connectivity index (χ1) is 8.46. The summed E-state index contributed by atoms with van der Waals surface area (Å²) < 4.78 is 0. The van der Waals surface area contributed by atoms with E-state index in [-0.39, 0.29) is 23.3 Å². The Morgan fingerprint density at radius 1 is 1.50 bits per heavy atom. The van der Waals surface area contributed by atoms with Crippen molar-refractivity contribution in [3.63, 3.8) is 0 Å². The largest absolute Gasteiger partial charge is 0.396 e. The lowest BCUT2D eigenvalue weighted by Gasteiger charge is -2.37. The molecule has 1 saturated heterocycles. The van der Waals surface area contributed by atoms with E-state index in [1.165, 1.54) is 0 Å². The Morgan fingerprint density at radius 2 is 2.22 bits per heavy atom. The van der Waals surface area contributed by atoms with Gasteiger partial charge in [-0.2, -0.15) is 0 Å². The molecule has 0 aliphatic carbocycles. The average Bonchev–Trinajstić information content (AvgIpc) is 2.37. The summed E-state index contributed by atoms with van der Waals surface area (Å²) in [5.74, 6) is 0.151. The SMILES string of the molecule is CCCC1(C(=O)NCC(C)(C)CO)CCCNC1. The zero-order valence-corrected chi connectivity index (χ0v) is 12.0. The van der Waals surface area contributed by atoms with Crippen molar-refractivity contribution in [3.8, 4) is 0 Å². The zero-order valence-electron chi connectivity index (χ0n) is 12.0. The highest BCUT2D eigenvalue weighted by atomic mass is 16.3. The Labute approximate surface area is 111 Å². The third-order valence-electron chi connectivity index (χ3n) is 3.84. The lowest BCUT2D eigenvalue weighted by atomic mass is 9.76. The first-order valence-electron chi connectivity index (χ1n) is 7.06. The van der Waals surface area contributed by atoms with Crippen LogP contribution in [-0.4, -0.2) is 37.3 Å². The van der Waals surface area contributed by atoms with Crippen molar-refractivity contribution in [3.05, 3.63) is 0 Å². The van der Waals surface area contributed by atoms with Gasteiger partial charge < -0.3 is 15.7 Å². The molecule has 3 N–H and O–H groups in total. The van der Waals surface area contributed by atoms with E-state index in [0.717, 1.165) is 38.8 Å². The summed E-state index contributed by atoms with van der Waals surface area (Å²) in [5.41, 5.74) is -0.482. The zero-order chi connectivity index (χ0) is 13.6. The number of aliphatic hydroxyl groups is 1. The normalized spacial score (nSPS) is 24.9. The van der Waals surface area contributed by atoms with Crippen molar-refractivity contribution in [2.75, 3.05) is 26.2 Å². The second kappa shape index (κ2) is 6.53. The van der Waals surface area contributed by atoms with Crippen molar-refractivity contribution in [1.29, 1.82) is 0 Å². The van der Waals surface area contributed by atoms with Gasteiger partial charge in [0.05, 0.1) is 5.41 Å². The van der Waals surface area contributed by atoms with Crippen LogP contribution in [-0.2, 0) is 4.79 Å². The topological polar surface area (TPSA) is 61.4 Å². The van der Waals surface area contributed by atoms with E-state index in [2.05, 4.69) is 17.6 Å².